The van der Waals surface area contributed by atoms with Crippen molar-refractivity contribution in [2.75, 3.05) is 7.05 Å². The lowest BCUT2D eigenvalue weighted by Gasteiger charge is -2.17. The Kier molecular flexibility index (Phi) is 5.62. The van der Waals surface area contributed by atoms with Crippen molar-refractivity contribution in [1.29, 1.82) is 0 Å². The van der Waals surface area contributed by atoms with Crippen molar-refractivity contribution in [3.63, 3.8) is 0 Å². The summed E-state index contributed by atoms with van der Waals surface area (Å²) in [5.41, 5.74) is 1.41. The number of thiazole rings is 1. The first-order valence-corrected chi connectivity index (χ1v) is 8.99. The molecule has 0 radical (unpaired) electrons. The number of aromatic nitrogens is 1. The fourth-order valence-electron chi connectivity index (χ4n) is 3.04. The van der Waals surface area contributed by atoms with E-state index in [2.05, 4.69) is 38.5 Å². The molecule has 1 aromatic heterocycles. The molecule has 2 rings (SSSR count). The topological polar surface area (TPSA) is 24.9 Å². The van der Waals surface area contributed by atoms with Crippen molar-refractivity contribution in [3.8, 4) is 0 Å². The zero-order chi connectivity index (χ0) is 14.6. The molecule has 1 saturated carbocycles. The molecule has 0 saturated heterocycles. The molecule has 1 N–H and O–H groups in total. The van der Waals surface area contributed by atoms with E-state index in [0.717, 1.165) is 12.3 Å². The van der Waals surface area contributed by atoms with Gasteiger partial charge in [0.25, 0.3) is 0 Å². The third-order valence-corrected chi connectivity index (χ3v) is 5.42. The van der Waals surface area contributed by atoms with Crippen LogP contribution in [-0.4, -0.2) is 18.1 Å². The molecule has 1 atom stereocenters. The van der Waals surface area contributed by atoms with E-state index in [9.17, 15) is 0 Å². The fraction of sp³-hybridized carbons (Fsp3) is 0.824. The van der Waals surface area contributed by atoms with Crippen LogP contribution in [0, 0.1) is 5.92 Å². The van der Waals surface area contributed by atoms with Gasteiger partial charge in [-0.15, -0.1) is 11.3 Å². The first-order chi connectivity index (χ1) is 9.49. The summed E-state index contributed by atoms with van der Waals surface area (Å²) in [7, 11) is 2.09. The highest BCUT2D eigenvalue weighted by molar-refractivity contribution is 7.09. The maximum absolute atomic E-state index is 4.83. The third kappa shape index (κ3) is 4.56. The zero-order valence-corrected chi connectivity index (χ0v) is 14.4. The number of hydrogen-bond donors (Lipinski definition) is 1. The number of hydrogen-bond acceptors (Lipinski definition) is 3. The molecule has 0 bridgehead atoms. The van der Waals surface area contributed by atoms with Crippen LogP contribution in [0.5, 0.6) is 0 Å². The van der Waals surface area contributed by atoms with Gasteiger partial charge in [-0.05, 0) is 25.8 Å². The van der Waals surface area contributed by atoms with Gasteiger partial charge in [0.1, 0.15) is 0 Å². The Hall–Kier alpha value is -0.410. The lowest BCUT2D eigenvalue weighted by atomic mass is 9.93. The standard InChI is InChI=1S/C17H30N2S/c1-17(2,3)15-12-20-16(19-15)11-14(18-4)10-9-13-7-5-6-8-13/h12-14,18H,5-11H2,1-4H3. The van der Waals surface area contributed by atoms with Gasteiger partial charge < -0.3 is 5.32 Å². The van der Waals surface area contributed by atoms with Crippen LogP contribution in [0.15, 0.2) is 5.38 Å². The average Bonchev–Trinajstić information content (AvgIpc) is 3.04. The van der Waals surface area contributed by atoms with Crippen molar-refractivity contribution in [2.24, 2.45) is 5.92 Å². The van der Waals surface area contributed by atoms with Gasteiger partial charge in [0, 0.05) is 23.3 Å². The van der Waals surface area contributed by atoms with Crippen molar-refractivity contribution >= 4 is 11.3 Å². The fourth-order valence-corrected chi connectivity index (χ4v) is 4.15. The normalized spacial score (nSPS) is 18.6. The molecule has 1 aliphatic carbocycles. The molecule has 1 heterocycles. The quantitative estimate of drug-likeness (QED) is 0.833. The van der Waals surface area contributed by atoms with Crippen LogP contribution < -0.4 is 5.32 Å². The summed E-state index contributed by atoms with van der Waals surface area (Å²) >= 11 is 1.83. The van der Waals surface area contributed by atoms with Crippen molar-refractivity contribution in [1.82, 2.24) is 10.3 Å². The minimum atomic E-state index is 0.174. The highest BCUT2D eigenvalue weighted by atomic mass is 32.1. The Balaban J connectivity index is 1.84. The maximum Gasteiger partial charge on any atom is 0.0944 e. The molecule has 1 aliphatic rings. The summed E-state index contributed by atoms with van der Waals surface area (Å²) in [6.45, 7) is 6.71. The van der Waals surface area contributed by atoms with E-state index < -0.39 is 0 Å². The minimum absolute atomic E-state index is 0.174. The molecule has 0 aliphatic heterocycles. The maximum atomic E-state index is 4.83. The predicted octanol–water partition coefficient (Wildman–Crippen LogP) is 4.54. The van der Waals surface area contributed by atoms with E-state index >= 15 is 0 Å². The van der Waals surface area contributed by atoms with Crippen LogP contribution in [-0.2, 0) is 11.8 Å². The summed E-state index contributed by atoms with van der Waals surface area (Å²) in [5.74, 6) is 0.993. The van der Waals surface area contributed by atoms with E-state index in [0.29, 0.717) is 6.04 Å². The molecule has 1 unspecified atom stereocenters. The predicted molar refractivity (Wildman–Crippen MR) is 88.6 cm³/mol. The van der Waals surface area contributed by atoms with Gasteiger partial charge in [0.2, 0.25) is 0 Å². The lowest BCUT2D eigenvalue weighted by Crippen LogP contribution is -2.28. The summed E-state index contributed by atoms with van der Waals surface area (Å²) in [4.78, 5) is 4.83. The molecule has 1 fully saturated rings. The Morgan fingerprint density at radius 3 is 2.60 bits per heavy atom. The molecule has 114 valence electrons. The smallest absolute Gasteiger partial charge is 0.0944 e. The molecule has 20 heavy (non-hydrogen) atoms. The first kappa shape index (κ1) is 16.0. The van der Waals surface area contributed by atoms with Crippen molar-refractivity contribution in [2.45, 2.75) is 77.2 Å². The highest BCUT2D eigenvalue weighted by Gasteiger charge is 2.20. The molecule has 3 heteroatoms. The Bertz CT molecular complexity index is 399. The molecule has 1 aromatic rings. The largest absolute Gasteiger partial charge is 0.317 e. The number of nitrogens with zero attached hydrogens (tertiary/aromatic N) is 1. The zero-order valence-electron chi connectivity index (χ0n) is 13.5. The molecule has 0 aromatic carbocycles. The molecular formula is C17H30N2S. The number of likely N-dealkylation sites (N-methyl/N-ethyl adjacent to an activating group) is 1. The average molecular weight is 295 g/mol. The molecule has 0 spiro atoms. The number of rotatable bonds is 6. The van der Waals surface area contributed by atoms with Crippen LogP contribution >= 0.6 is 11.3 Å². The highest BCUT2D eigenvalue weighted by Crippen LogP contribution is 2.30. The minimum Gasteiger partial charge on any atom is -0.317 e. The SMILES string of the molecule is CNC(CCC1CCCC1)Cc1nc(C(C)(C)C)cs1. The molecular weight excluding hydrogens is 264 g/mol. The summed E-state index contributed by atoms with van der Waals surface area (Å²) in [6, 6.07) is 0.592. The van der Waals surface area contributed by atoms with Gasteiger partial charge in [-0.25, -0.2) is 4.98 Å². The first-order valence-electron chi connectivity index (χ1n) is 8.11. The van der Waals surface area contributed by atoms with Gasteiger partial charge in [-0.1, -0.05) is 46.5 Å². The van der Waals surface area contributed by atoms with E-state index in [1.165, 1.54) is 49.2 Å². The van der Waals surface area contributed by atoms with Gasteiger partial charge in [0.15, 0.2) is 0 Å². The van der Waals surface area contributed by atoms with Crippen LogP contribution in [0.4, 0.5) is 0 Å². The van der Waals surface area contributed by atoms with Crippen molar-refractivity contribution < 1.29 is 0 Å². The Morgan fingerprint density at radius 1 is 1.35 bits per heavy atom. The van der Waals surface area contributed by atoms with Crippen molar-refractivity contribution in [3.05, 3.63) is 16.1 Å². The van der Waals surface area contributed by atoms with Gasteiger partial charge in [-0.3, -0.25) is 0 Å². The molecule has 0 amide bonds. The van der Waals surface area contributed by atoms with E-state index in [1.807, 2.05) is 11.3 Å². The second-order valence-corrected chi connectivity index (χ2v) is 8.24. The van der Waals surface area contributed by atoms with Crippen LogP contribution in [0.3, 0.4) is 0 Å². The third-order valence-electron chi connectivity index (χ3n) is 4.55. The van der Waals surface area contributed by atoms with Crippen LogP contribution in [0.25, 0.3) is 0 Å². The Morgan fingerprint density at radius 2 is 2.05 bits per heavy atom. The Labute approximate surface area is 128 Å². The summed E-state index contributed by atoms with van der Waals surface area (Å²) in [5, 5.41) is 7.02. The van der Waals surface area contributed by atoms with E-state index in [4.69, 9.17) is 4.98 Å². The monoisotopic (exact) mass is 294 g/mol. The van der Waals surface area contributed by atoms with Crippen LogP contribution in [0.1, 0.15) is 70.0 Å². The van der Waals surface area contributed by atoms with Gasteiger partial charge >= 0.3 is 0 Å². The second kappa shape index (κ2) is 7.04. The molecule has 2 nitrogen and oxygen atoms in total. The van der Waals surface area contributed by atoms with Gasteiger partial charge in [0.05, 0.1) is 10.7 Å². The van der Waals surface area contributed by atoms with E-state index in [1.54, 1.807) is 0 Å². The summed E-state index contributed by atoms with van der Waals surface area (Å²) in [6.07, 6.45) is 9.61. The van der Waals surface area contributed by atoms with Gasteiger partial charge in [-0.2, -0.15) is 0 Å². The summed E-state index contributed by atoms with van der Waals surface area (Å²) < 4.78 is 0. The lowest BCUT2D eigenvalue weighted by molar-refractivity contribution is 0.417. The number of nitrogens with one attached hydrogen (secondary N) is 1. The second-order valence-electron chi connectivity index (χ2n) is 7.29. The van der Waals surface area contributed by atoms with Crippen LogP contribution in [0.2, 0.25) is 0 Å². The van der Waals surface area contributed by atoms with E-state index in [-0.39, 0.29) is 5.41 Å².